The number of urea groups is 1. The lowest BCUT2D eigenvalue weighted by molar-refractivity contribution is -0.148. The number of methoxy groups -OCH3 is 1. The standard InChI is InChI=1S/C23H28ClN3O3/c1-16(2)17-8-5-7-11-20(17)25-23(29)27-14-12-26(13-15-27)21(22(28)30-3)18-9-4-6-10-19(18)24/h4-11,16,21H,12-15H2,1-3H3,(H,25,29)/t21-/m1/s1. The summed E-state index contributed by atoms with van der Waals surface area (Å²) >= 11 is 6.34. The number of hydrogen-bond donors (Lipinski definition) is 1. The highest BCUT2D eigenvalue weighted by atomic mass is 35.5. The first-order chi connectivity index (χ1) is 14.4. The van der Waals surface area contributed by atoms with Gasteiger partial charge in [0, 0.05) is 36.9 Å². The van der Waals surface area contributed by atoms with Gasteiger partial charge in [0.2, 0.25) is 0 Å². The Labute approximate surface area is 182 Å². The van der Waals surface area contributed by atoms with E-state index in [4.69, 9.17) is 16.3 Å². The van der Waals surface area contributed by atoms with Crippen LogP contribution in [0, 0.1) is 0 Å². The van der Waals surface area contributed by atoms with Crippen LogP contribution in [0.3, 0.4) is 0 Å². The van der Waals surface area contributed by atoms with Crippen molar-refractivity contribution in [1.82, 2.24) is 9.80 Å². The predicted molar refractivity (Wildman–Crippen MR) is 119 cm³/mol. The molecule has 1 atom stereocenters. The summed E-state index contributed by atoms with van der Waals surface area (Å²) in [5.74, 6) is -0.0401. The summed E-state index contributed by atoms with van der Waals surface area (Å²) in [5.41, 5.74) is 2.66. The Morgan fingerprint density at radius 3 is 2.17 bits per heavy atom. The van der Waals surface area contributed by atoms with Crippen LogP contribution in [-0.4, -0.2) is 55.1 Å². The zero-order chi connectivity index (χ0) is 21.7. The maximum Gasteiger partial charge on any atom is 0.327 e. The summed E-state index contributed by atoms with van der Waals surface area (Å²) in [6.07, 6.45) is 0. The molecule has 1 N–H and O–H groups in total. The molecular weight excluding hydrogens is 402 g/mol. The molecule has 0 bridgehead atoms. The minimum Gasteiger partial charge on any atom is -0.468 e. The van der Waals surface area contributed by atoms with E-state index in [0.717, 1.165) is 16.8 Å². The zero-order valence-corrected chi connectivity index (χ0v) is 18.4. The summed E-state index contributed by atoms with van der Waals surface area (Å²) in [4.78, 5) is 29.1. The van der Waals surface area contributed by atoms with Crippen molar-refractivity contribution < 1.29 is 14.3 Å². The van der Waals surface area contributed by atoms with Crippen LogP contribution in [0.2, 0.25) is 5.02 Å². The molecular formula is C23H28ClN3O3. The Balaban J connectivity index is 1.68. The van der Waals surface area contributed by atoms with E-state index in [1.165, 1.54) is 7.11 Å². The summed E-state index contributed by atoms with van der Waals surface area (Å²) in [6, 6.07) is 14.4. The van der Waals surface area contributed by atoms with Gasteiger partial charge in [0.25, 0.3) is 0 Å². The molecule has 0 saturated carbocycles. The van der Waals surface area contributed by atoms with Gasteiger partial charge < -0.3 is 15.0 Å². The second kappa shape index (κ2) is 9.96. The fourth-order valence-electron chi connectivity index (χ4n) is 3.77. The molecule has 3 rings (SSSR count). The van der Waals surface area contributed by atoms with Crippen LogP contribution >= 0.6 is 11.6 Å². The number of carbonyl (C=O) groups excluding carboxylic acids is 2. The van der Waals surface area contributed by atoms with Gasteiger partial charge in [-0.05, 0) is 29.2 Å². The molecule has 2 aromatic carbocycles. The number of hydrogen-bond acceptors (Lipinski definition) is 4. The lowest BCUT2D eigenvalue weighted by Gasteiger charge is -2.38. The first kappa shape index (κ1) is 22.1. The summed E-state index contributed by atoms with van der Waals surface area (Å²) in [7, 11) is 1.38. The first-order valence-corrected chi connectivity index (χ1v) is 10.5. The van der Waals surface area contributed by atoms with Gasteiger partial charge in [-0.1, -0.05) is 61.8 Å². The van der Waals surface area contributed by atoms with Gasteiger partial charge in [0.15, 0.2) is 0 Å². The Bertz CT molecular complexity index is 895. The minimum absolute atomic E-state index is 0.130. The van der Waals surface area contributed by atoms with Crippen LogP contribution in [0.4, 0.5) is 10.5 Å². The monoisotopic (exact) mass is 429 g/mol. The average Bonchev–Trinajstić information content (AvgIpc) is 2.75. The van der Waals surface area contributed by atoms with Crippen LogP contribution in [0.1, 0.15) is 36.9 Å². The third kappa shape index (κ3) is 4.94. The number of nitrogens with zero attached hydrogens (tertiary/aromatic N) is 2. The zero-order valence-electron chi connectivity index (χ0n) is 17.6. The Morgan fingerprint density at radius 2 is 1.57 bits per heavy atom. The summed E-state index contributed by atoms with van der Waals surface area (Å²) in [6.45, 7) is 6.31. The van der Waals surface area contributed by atoms with E-state index in [1.54, 1.807) is 11.0 Å². The summed E-state index contributed by atoms with van der Waals surface area (Å²) < 4.78 is 5.03. The van der Waals surface area contributed by atoms with Crippen molar-refractivity contribution in [2.75, 3.05) is 38.6 Å². The van der Waals surface area contributed by atoms with Crippen LogP contribution in [0.5, 0.6) is 0 Å². The molecule has 1 fully saturated rings. The van der Waals surface area contributed by atoms with Gasteiger partial charge in [-0.3, -0.25) is 4.90 Å². The number of esters is 1. The Hall–Kier alpha value is -2.57. The first-order valence-electron chi connectivity index (χ1n) is 10.1. The van der Waals surface area contributed by atoms with Crippen molar-refractivity contribution in [3.63, 3.8) is 0 Å². The highest BCUT2D eigenvalue weighted by Crippen LogP contribution is 2.30. The number of para-hydroxylation sites is 1. The number of anilines is 1. The highest BCUT2D eigenvalue weighted by Gasteiger charge is 2.33. The smallest absolute Gasteiger partial charge is 0.327 e. The largest absolute Gasteiger partial charge is 0.468 e. The molecule has 30 heavy (non-hydrogen) atoms. The van der Waals surface area contributed by atoms with Crippen molar-refractivity contribution in [1.29, 1.82) is 0 Å². The molecule has 2 aromatic rings. The number of benzene rings is 2. The Morgan fingerprint density at radius 1 is 0.967 bits per heavy atom. The van der Waals surface area contributed by atoms with E-state index in [9.17, 15) is 9.59 Å². The number of nitrogens with one attached hydrogen (secondary N) is 1. The van der Waals surface area contributed by atoms with Crippen LogP contribution in [0.25, 0.3) is 0 Å². The summed E-state index contributed by atoms with van der Waals surface area (Å²) in [5, 5.41) is 3.56. The van der Waals surface area contributed by atoms with Crippen molar-refractivity contribution in [3.05, 3.63) is 64.7 Å². The molecule has 7 heteroatoms. The van der Waals surface area contributed by atoms with E-state index >= 15 is 0 Å². The number of rotatable bonds is 5. The topological polar surface area (TPSA) is 61.9 Å². The fraction of sp³-hybridized carbons (Fsp3) is 0.391. The number of amides is 2. The van der Waals surface area contributed by atoms with Crippen LogP contribution < -0.4 is 5.32 Å². The minimum atomic E-state index is -0.587. The number of halogens is 1. The maximum absolute atomic E-state index is 12.8. The molecule has 2 amide bonds. The van der Waals surface area contributed by atoms with Gasteiger partial charge in [-0.25, -0.2) is 9.59 Å². The molecule has 0 spiro atoms. The molecule has 6 nitrogen and oxygen atoms in total. The molecule has 0 aliphatic carbocycles. The third-order valence-electron chi connectivity index (χ3n) is 5.42. The van der Waals surface area contributed by atoms with Crippen molar-refractivity contribution in [2.45, 2.75) is 25.8 Å². The number of piperazine rings is 1. The van der Waals surface area contributed by atoms with E-state index in [0.29, 0.717) is 37.1 Å². The predicted octanol–water partition coefficient (Wildman–Crippen LogP) is 4.53. The van der Waals surface area contributed by atoms with Crippen LogP contribution in [0.15, 0.2) is 48.5 Å². The molecule has 0 radical (unpaired) electrons. The van der Waals surface area contributed by atoms with Crippen LogP contribution in [-0.2, 0) is 9.53 Å². The average molecular weight is 430 g/mol. The van der Waals surface area contributed by atoms with Gasteiger partial charge in [0.05, 0.1) is 7.11 Å². The fourth-order valence-corrected chi connectivity index (χ4v) is 4.01. The SMILES string of the molecule is COC(=O)[C@@H](c1ccccc1Cl)N1CCN(C(=O)Nc2ccccc2C(C)C)CC1. The third-order valence-corrected chi connectivity index (χ3v) is 5.76. The van der Waals surface area contributed by atoms with E-state index in [1.807, 2.05) is 47.4 Å². The molecule has 0 aromatic heterocycles. The molecule has 0 unspecified atom stereocenters. The molecule has 1 saturated heterocycles. The molecule has 1 aliphatic rings. The number of carbonyl (C=O) groups is 2. The molecule has 1 heterocycles. The number of ether oxygens (including phenoxy) is 1. The second-order valence-electron chi connectivity index (χ2n) is 7.64. The Kier molecular flexibility index (Phi) is 7.34. The van der Waals surface area contributed by atoms with Gasteiger partial charge >= 0.3 is 12.0 Å². The normalized spacial score (nSPS) is 15.7. The van der Waals surface area contributed by atoms with Crippen molar-refractivity contribution in [2.24, 2.45) is 0 Å². The van der Waals surface area contributed by atoms with Gasteiger partial charge in [-0.15, -0.1) is 0 Å². The highest BCUT2D eigenvalue weighted by molar-refractivity contribution is 6.31. The van der Waals surface area contributed by atoms with E-state index in [2.05, 4.69) is 19.2 Å². The second-order valence-corrected chi connectivity index (χ2v) is 8.05. The van der Waals surface area contributed by atoms with Gasteiger partial charge in [-0.2, -0.15) is 0 Å². The van der Waals surface area contributed by atoms with E-state index in [-0.39, 0.29) is 12.0 Å². The van der Waals surface area contributed by atoms with Crippen molar-refractivity contribution in [3.8, 4) is 0 Å². The maximum atomic E-state index is 12.8. The quantitative estimate of drug-likeness (QED) is 0.709. The lowest BCUT2D eigenvalue weighted by Crippen LogP contribution is -2.52. The van der Waals surface area contributed by atoms with Crippen molar-refractivity contribution >= 4 is 29.3 Å². The molecule has 1 aliphatic heterocycles. The molecule has 160 valence electrons. The van der Waals surface area contributed by atoms with Gasteiger partial charge in [0.1, 0.15) is 6.04 Å². The lowest BCUT2D eigenvalue weighted by atomic mass is 10.0. The van der Waals surface area contributed by atoms with E-state index < -0.39 is 6.04 Å².